The Morgan fingerprint density at radius 2 is 2.20 bits per heavy atom. The fourth-order valence-corrected chi connectivity index (χ4v) is 2.20. The predicted octanol–water partition coefficient (Wildman–Crippen LogP) is 2.05. The van der Waals surface area contributed by atoms with Crippen molar-refractivity contribution in [2.24, 2.45) is 0 Å². The molecular weight excluding hydrogens is 210 g/mol. The molecule has 3 nitrogen and oxygen atoms in total. The third-order valence-corrected chi connectivity index (χ3v) is 3.11. The van der Waals surface area contributed by atoms with Crippen molar-refractivity contribution in [1.82, 2.24) is 4.98 Å². The maximum absolute atomic E-state index is 9.32. The fourth-order valence-electron chi connectivity index (χ4n) is 1.31. The van der Waals surface area contributed by atoms with Crippen LogP contribution in [0.1, 0.15) is 4.88 Å². The number of phenols is 1. The summed E-state index contributed by atoms with van der Waals surface area (Å²) >= 11 is 1.54. The van der Waals surface area contributed by atoms with E-state index in [1.165, 1.54) is 11.3 Å². The van der Waals surface area contributed by atoms with Crippen LogP contribution in [-0.2, 0) is 6.42 Å². The molecule has 0 radical (unpaired) electrons. The van der Waals surface area contributed by atoms with Crippen LogP contribution < -0.4 is 0 Å². The van der Waals surface area contributed by atoms with Crippen LogP contribution in [0.15, 0.2) is 30.5 Å². The van der Waals surface area contributed by atoms with Crippen molar-refractivity contribution in [1.29, 1.82) is 0 Å². The van der Waals surface area contributed by atoms with Crippen LogP contribution in [0.25, 0.3) is 10.6 Å². The molecule has 0 aliphatic rings. The molecule has 0 saturated heterocycles. The molecule has 0 spiro atoms. The van der Waals surface area contributed by atoms with E-state index in [1.807, 2.05) is 6.07 Å². The average Bonchev–Trinajstić information content (AvgIpc) is 2.67. The van der Waals surface area contributed by atoms with Crippen LogP contribution in [0, 0.1) is 0 Å². The lowest BCUT2D eigenvalue weighted by atomic mass is 10.2. The summed E-state index contributed by atoms with van der Waals surface area (Å²) in [6, 6.07) is 7.01. The molecule has 15 heavy (non-hydrogen) atoms. The minimum absolute atomic E-state index is 0.141. The van der Waals surface area contributed by atoms with E-state index in [9.17, 15) is 5.11 Å². The number of hydrogen-bond donors (Lipinski definition) is 2. The number of aliphatic hydroxyl groups is 1. The smallest absolute Gasteiger partial charge is 0.123 e. The Bertz CT molecular complexity index is 453. The number of benzene rings is 1. The van der Waals surface area contributed by atoms with Crippen LogP contribution in [0.2, 0.25) is 0 Å². The van der Waals surface area contributed by atoms with Crippen molar-refractivity contribution >= 4 is 11.3 Å². The van der Waals surface area contributed by atoms with Gasteiger partial charge in [-0.15, -0.1) is 11.3 Å². The van der Waals surface area contributed by atoms with E-state index >= 15 is 0 Å². The van der Waals surface area contributed by atoms with Crippen molar-refractivity contribution in [3.63, 3.8) is 0 Å². The van der Waals surface area contributed by atoms with Crippen LogP contribution in [0.4, 0.5) is 0 Å². The molecule has 0 unspecified atom stereocenters. The Morgan fingerprint density at radius 1 is 1.33 bits per heavy atom. The number of phenolic OH excluding ortho intramolecular Hbond substituents is 1. The molecule has 0 aliphatic carbocycles. The zero-order valence-corrected chi connectivity index (χ0v) is 8.87. The number of rotatable bonds is 3. The van der Waals surface area contributed by atoms with Gasteiger partial charge in [-0.25, -0.2) is 4.98 Å². The number of thiazole rings is 1. The highest BCUT2D eigenvalue weighted by Gasteiger charge is 2.04. The second kappa shape index (κ2) is 4.42. The molecule has 0 saturated carbocycles. The van der Waals surface area contributed by atoms with Gasteiger partial charge in [0.1, 0.15) is 10.8 Å². The summed E-state index contributed by atoms with van der Waals surface area (Å²) in [7, 11) is 0. The molecule has 2 aromatic rings. The first-order valence-electron chi connectivity index (χ1n) is 4.64. The van der Waals surface area contributed by atoms with Crippen LogP contribution in [0.3, 0.4) is 0 Å². The molecule has 0 fully saturated rings. The fraction of sp³-hybridized carbons (Fsp3) is 0.182. The van der Waals surface area contributed by atoms with Gasteiger partial charge in [-0.1, -0.05) is 12.1 Å². The lowest BCUT2D eigenvalue weighted by Crippen LogP contribution is -1.84. The molecule has 4 heteroatoms. The number of aliphatic hydroxyl groups excluding tert-OH is 1. The predicted molar refractivity (Wildman–Crippen MR) is 60.0 cm³/mol. The third kappa shape index (κ3) is 2.34. The van der Waals surface area contributed by atoms with E-state index in [4.69, 9.17) is 5.11 Å². The molecule has 78 valence electrons. The first-order chi connectivity index (χ1) is 7.29. The molecule has 0 atom stereocenters. The first-order valence-corrected chi connectivity index (χ1v) is 5.46. The van der Waals surface area contributed by atoms with Crippen LogP contribution in [-0.4, -0.2) is 21.8 Å². The van der Waals surface area contributed by atoms with Gasteiger partial charge in [0.05, 0.1) is 0 Å². The quantitative estimate of drug-likeness (QED) is 0.834. The Kier molecular flexibility index (Phi) is 2.99. The highest BCUT2D eigenvalue weighted by atomic mass is 32.1. The summed E-state index contributed by atoms with van der Waals surface area (Å²) in [4.78, 5) is 5.29. The van der Waals surface area contributed by atoms with Crippen molar-refractivity contribution in [3.8, 4) is 16.3 Å². The Morgan fingerprint density at radius 3 is 2.93 bits per heavy atom. The summed E-state index contributed by atoms with van der Waals surface area (Å²) in [5, 5.41) is 19.0. The van der Waals surface area contributed by atoms with Gasteiger partial charge in [0.25, 0.3) is 0 Å². The molecule has 0 bridgehead atoms. The van der Waals surface area contributed by atoms with Gasteiger partial charge in [-0.05, 0) is 12.1 Å². The summed E-state index contributed by atoms with van der Waals surface area (Å²) < 4.78 is 0. The van der Waals surface area contributed by atoms with E-state index in [0.29, 0.717) is 6.42 Å². The topological polar surface area (TPSA) is 53.4 Å². The molecule has 1 aromatic carbocycles. The van der Waals surface area contributed by atoms with Gasteiger partial charge in [0, 0.05) is 29.7 Å². The van der Waals surface area contributed by atoms with E-state index in [-0.39, 0.29) is 12.4 Å². The molecular formula is C11H11NO2S. The highest BCUT2D eigenvalue weighted by molar-refractivity contribution is 7.15. The van der Waals surface area contributed by atoms with Gasteiger partial charge < -0.3 is 10.2 Å². The zero-order chi connectivity index (χ0) is 10.7. The third-order valence-electron chi connectivity index (χ3n) is 2.00. The Hall–Kier alpha value is -1.39. The number of aromatic hydroxyl groups is 1. The van der Waals surface area contributed by atoms with Crippen molar-refractivity contribution in [2.75, 3.05) is 6.61 Å². The normalized spacial score (nSPS) is 10.5. The lowest BCUT2D eigenvalue weighted by Gasteiger charge is -1.96. The van der Waals surface area contributed by atoms with E-state index in [2.05, 4.69) is 4.98 Å². The second-order valence-corrected chi connectivity index (χ2v) is 4.27. The second-order valence-electron chi connectivity index (χ2n) is 3.16. The van der Waals surface area contributed by atoms with Gasteiger partial charge >= 0.3 is 0 Å². The Balaban J connectivity index is 2.29. The summed E-state index contributed by atoms with van der Waals surface area (Å²) in [6.45, 7) is 0.141. The van der Waals surface area contributed by atoms with Crippen LogP contribution in [0.5, 0.6) is 5.75 Å². The average molecular weight is 221 g/mol. The first kappa shape index (κ1) is 10.1. The minimum Gasteiger partial charge on any atom is -0.508 e. The molecule has 1 heterocycles. The maximum atomic E-state index is 9.32. The largest absolute Gasteiger partial charge is 0.508 e. The SMILES string of the molecule is OCCc1cnc(-c2cccc(O)c2)s1. The monoisotopic (exact) mass is 221 g/mol. The standard InChI is InChI=1S/C11H11NO2S/c13-5-4-10-7-12-11(15-10)8-2-1-3-9(14)6-8/h1-3,6-7,13-14H,4-5H2. The van der Waals surface area contributed by atoms with E-state index < -0.39 is 0 Å². The van der Waals surface area contributed by atoms with Gasteiger partial charge in [0.15, 0.2) is 0 Å². The zero-order valence-electron chi connectivity index (χ0n) is 8.05. The number of nitrogens with zero attached hydrogens (tertiary/aromatic N) is 1. The van der Waals surface area contributed by atoms with Gasteiger partial charge in [-0.3, -0.25) is 0 Å². The van der Waals surface area contributed by atoms with Gasteiger partial charge in [-0.2, -0.15) is 0 Å². The molecule has 2 N–H and O–H groups in total. The van der Waals surface area contributed by atoms with E-state index in [1.54, 1.807) is 24.4 Å². The number of aromatic nitrogens is 1. The van der Waals surface area contributed by atoms with Gasteiger partial charge in [0.2, 0.25) is 0 Å². The van der Waals surface area contributed by atoms with Crippen molar-refractivity contribution < 1.29 is 10.2 Å². The molecule has 1 aromatic heterocycles. The Labute approximate surface area is 91.7 Å². The maximum Gasteiger partial charge on any atom is 0.123 e. The van der Waals surface area contributed by atoms with E-state index in [0.717, 1.165) is 15.4 Å². The highest BCUT2D eigenvalue weighted by Crippen LogP contribution is 2.27. The molecule has 0 aliphatic heterocycles. The molecule has 0 amide bonds. The lowest BCUT2D eigenvalue weighted by molar-refractivity contribution is 0.300. The van der Waals surface area contributed by atoms with Crippen molar-refractivity contribution in [3.05, 3.63) is 35.3 Å². The minimum atomic E-state index is 0.141. The summed E-state index contributed by atoms with van der Waals surface area (Å²) in [5.41, 5.74) is 0.907. The molecule has 2 rings (SSSR count). The van der Waals surface area contributed by atoms with Crippen LogP contribution >= 0.6 is 11.3 Å². The summed E-state index contributed by atoms with van der Waals surface area (Å²) in [5.74, 6) is 0.242. The summed E-state index contributed by atoms with van der Waals surface area (Å²) in [6.07, 6.45) is 2.40. The number of hydrogen-bond acceptors (Lipinski definition) is 4. The van der Waals surface area contributed by atoms with Crippen molar-refractivity contribution in [2.45, 2.75) is 6.42 Å².